The first-order valence-electron chi connectivity index (χ1n) is 5.72. The number of rotatable bonds is 5. The van der Waals surface area contributed by atoms with Gasteiger partial charge in [-0.05, 0) is 25.2 Å². The molecule has 5 heteroatoms. The van der Waals surface area contributed by atoms with Crippen molar-refractivity contribution in [2.45, 2.75) is 13.2 Å². The van der Waals surface area contributed by atoms with Gasteiger partial charge in [0.25, 0.3) is 0 Å². The molecule has 0 saturated carbocycles. The van der Waals surface area contributed by atoms with Crippen LogP contribution >= 0.6 is 0 Å². The average molecular weight is 249 g/mol. The fourth-order valence-corrected chi connectivity index (χ4v) is 1.72. The van der Waals surface area contributed by atoms with Gasteiger partial charge in [0.15, 0.2) is 0 Å². The van der Waals surface area contributed by atoms with Crippen LogP contribution in [0.2, 0.25) is 0 Å². The molecule has 96 valence electrons. The first kappa shape index (κ1) is 12.6. The van der Waals surface area contributed by atoms with Crippen molar-refractivity contribution >= 4 is 0 Å². The highest BCUT2D eigenvalue weighted by Crippen LogP contribution is 2.20. The highest BCUT2D eigenvalue weighted by atomic mass is 19.1. The molecule has 0 amide bonds. The number of aryl methyl sites for hydroxylation is 1. The number of nitrogens with zero attached hydrogens (tertiary/aromatic N) is 2. The highest BCUT2D eigenvalue weighted by Gasteiger charge is 2.06. The van der Waals surface area contributed by atoms with E-state index in [0.29, 0.717) is 18.9 Å². The largest absolute Gasteiger partial charge is 0.488 e. The molecule has 0 spiro atoms. The lowest BCUT2D eigenvalue weighted by atomic mass is 10.2. The topological polar surface area (TPSA) is 39.1 Å². The van der Waals surface area contributed by atoms with Crippen molar-refractivity contribution < 1.29 is 9.13 Å². The fourth-order valence-electron chi connectivity index (χ4n) is 1.72. The van der Waals surface area contributed by atoms with Crippen molar-refractivity contribution in [1.29, 1.82) is 0 Å². The van der Waals surface area contributed by atoms with Crippen LogP contribution in [0, 0.1) is 5.82 Å². The zero-order valence-corrected chi connectivity index (χ0v) is 10.5. The summed E-state index contributed by atoms with van der Waals surface area (Å²) in [6, 6.07) is 4.53. The summed E-state index contributed by atoms with van der Waals surface area (Å²) in [4.78, 5) is 0. The number of halogens is 1. The van der Waals surface area contributed by atoms with Crippen LogP contribution in [0.4, 0.5) is 4.39 Å². The zero-order chi connectivity index (χ0) is 13.0. The van der Waals surface area contributed by atoms with Crippen LogP contribution in [0.3, 0.4) is 0 Å². The summed E-state index contributed by atoms with van der Waals surface area (Å²) < 4.78 is 20.5. The Kier molecular flexibility index (Phi) is 3.94. The highest BCUT2D eigenvalue weighted by molar-refractivity contribution is 5.34. The van der Waals surface area contributed by atoms with Crippen molar-refractivity contribution in [2.75, 3.05) is 7.05 Å². The van der Waals surface area contributed by atoms with Gasteiger partial charge in [-0.15, -0.1) is 0 Å². The third-order valence-electron chi connectivity index (χ3n) is 2.54. The standard InChI is InChI=1S/C13H16FN3O/c1-15-7-11-5-12(14)3-4-13(11)18-9-10-6-16-17(2)8-10/h3-6,8,15H,7,9H2,1-2H3. The Morgan fingerprint density at radius 1 is 1.44 bits per heavy atom. The predicted molar refractivity (Wildman–Crippen MR) is 66.7 cm³/mol. The number of nitrogens with one attached hydrogen (secondary N) is 1. The molecule has 1 aromatic heterocycles. The van der Waals surface area contributed by atoms with Gasteiger partial charge in [-0.3, -0.25) is 4.68 Å². The van der Waals surface area contributed by atoms with Crippen LogP contribution < -0.4 is 10.1 Å². The van der Waals surface area contributed by atoms with Crippen molar-refractivity contribution in [1.82, 2.24) is 15.1 Å². The minimum Gasteiger partial charge on any atom is -0.488 e. The van der Waals surface area contributed by atoms with Gasteiger partial charge in [-0.25, -0.2) is 4.39 Å². The Morgan fingerprint density at radius 3 is 2.94 bits per heavy atom. The van der Waals surface area contributed by atoms with Crippen molar-refractivity contribution in [3.8, 4) is 5.75 Å². The molecule has 0 aliphatic heterocycles. The van der Waals surface area contributed by atoms with Crippen molar-refractivity contribution in [3.63, 3.8) is 0 Å². The second-order valence-corrected chi connectivity index (χ2v) is 4.09. The van der Waals surface area contributed by atoms with Crippen LogP contribution in [0.15, 0.2) is 30.6 Å². The second-order valence-electron chi connectivity index (χ2n) is 4.09. The summed E-state index contributed by atoms with van der Waals surface area (Å²) in [6.45, 7) is 0.996. The smallest absolute Gasteiger partial charge is 0.124 e. The first-order valence-corrected chi connectivity index (χ1v) is 5.72. The molecule has 0 atom stereocenters. The molecule has 2 rings (SSSR count). The van der Waals surface area contributed by atoms with Crippen LogP contribution in [0.25, 0.3) is 0 Å². The molecule has 0 fully saturated rings. The van der Waals surface area contributed by atoms with Crippen molar-refractivity contribution in [3.05, 3.63) is 47.5 Å². The van der Waals surface area contributed by atoms with Gasteiger partial charge in [-0.2, -0.15) is 5.10 Å². The molecule has 4 nitrogen and oxygen atoms in total. The molecule has 0 aliphatic rings. The summed E-state index contributed by atoms with van der Waals surface area (Å²) in [6.07, 6.45) is 3.64. The first-order chi connectivity index (χ1) is 8.69. The summed E-state index contributed by atoms with van der Waals surface area (Å²) in [7, 11) is 3.67. The summed E-state index contributed by atoms with van der Waals surface area (Å²) in [5.74, 6) is 0.434. The Balaban J connectivity index is 2.08. The van der Waals surface area contributed by atoms with E-state index in [0.717, 1.165) is 11.1 Å². The third-order valence-corrected chi connectivity index (χ3v) is 2.54. The number of benzene rings is 1. The van der Waals surface area contributed by atoms with Crippen LogP contribution in [-0.2, 0) is 20.2 Å². The second kappa shape index (κ2) is 5.64. The normalized spacial score (nSPS) is 10.6. The van der Waals surface area contributed by atoms with Crippen LogP contribution in [-0.4, -0.2) is 16.8 Å². The fraction of sp³-hybridized carbons (Fsp3) is 0.308. The molecule has 0 unspecified atom stereocenters. The molecule has 0 bridgehead atoms. The molecule has 0 aliphatic carbocycles. The van der Waals surface area contributed by atoms with E-state index < -0.39 is 0 Å². The van der Waals surface area contributed by atoms with E-state index in [4.69, 9.17) is 4.74 Å². The van der Waals surface area contributed by atoms with Gasteiger partial charge < -0.3 is 10.1 Å². The Morgan fingerprint density at radius 2 is 2.28 bits per heavy atom. The lowest BCUT2D eigenvalue weighted by Gasteiger charge is -2.10. The summed E-state index contributed by atoms with van der Waals surface area (Å²) >= 11 is 0. The van der Waals surface area contributed by atoms with Gasteiger partial charge in [0, 0.05) is 30.9 Å². The molecule has 2 aromatic rings. The number of hydrogen-bond acceptors (Lipinski definition) is 3. The lowest BCUT2D eigenvalue weighted by Crippen LogP contribution is -2.08. The number of hydrogen-bond donors (Lipinski definition) is 1. The molecule has 1 aromatic carbocycles. The Labute approximate surface area is 105 Å². The zero-order valence-electron chi connectivity index (χ0n) is 10.5. The maximum Gasteiger partial charge on any atom is 0.124 e. The lowest BCUT2D eigenvalue weighted by molar-refractivity contribution is 0.301. The number of ether oxygens (including phenoxy) is 1. The predicted octanol–water partition coefficient (Wildman–Crippen LogP) is 1.86. The molecule has 0 saturated heterocycles. The van der Waals surface area contributed by atoms with E-state index in [1.165, 1.54) is 12.1 Å². The number of aromatic nitrogens is 2. The Hall–Kier alpha value is -1.88. The van der Waals surface area contributed by atoms with Gasteiger partial charge in [-0.1, -0.05) is 0 Å². The van der Waals surface area contributed by atoms with Crippen molar-refractivity contribution in [2.24, 2.45) is 7.05 Å². The van der Waals surface area contributed by atoms with E-state index in [9.17, 15) is 4.39 Å². The third kappa shape index (κ3) is 3.07. The monoisotopic (exact) mass is 249 g/mol. The minimum atomic E-state index is -0.256. The molecule has 0 radical (unpaired) electrons. The summed E-state index contributed by atoms with van der Waals surface area (Å²) in [5, 5.41) is 7.06. The van der Waals surface area contributed by atoms with E-state index in [-0.39, 0.29) is 5.82 Å². The van der Waals surface area contributed by atoms with Gasteiger partial charge in [0.1, 0.15) is 18.2 Å². The molecular weight excluding hydrogens is 233 g/mol. The maximum atomic E-state index is 13.1. The molecule has 1 heterocycles. The van der Waals surface area contributed by atoms with Gasteiger partial charge in [0.2, 0.25) is 0 Å². The maximum absolute atomic E-state index is 13.1. The van der Waals surface area contributed by atoms with Gasteiger partial charge >= 0.3 is 0 Å². The average Bonchev–Trinajstić information content (AvgIpc) is 2.75. The van der Waals surface area contributed by atoms with Crippen LogP contribution in [0.5, 0.6) is 5.75 Å². The molecule has 1 N–H and O–H groups in total. The van der Waals surface area contributed by atoms with Gasteiger partial charge in [0.05, 0.1) is 6.20 Å². The van der Waals surface area contributed by atoms with E-state index in [1.807, 2.05) is 20.3 Å². The minimum absolute atomic E-state index is 0.256. The van der Waals surface area contributed by atoms with Crippen LogP contribution in [0.1, 0.15) is 11.1 Å². The summed E-state index contributed by atoms with van der Waals surface area (Å²) in [5.41, 5.74) is 1.79. The Bertz CT molecular complexity index is 525. The quantitative estimate of drug-likeness (QED) is 0.879. The van der Waals surface area contributed by atoms with E-state index in [1.54, 1.807) is 16.9 Å². The SMILES string of the molecule is CNCc1cc(F)ccc1OCc1cnn(C)c1. The molecule has 18 heavy (non-hydrogen) atoms. The molecular formula is C13H16FN3O. The van der Waals surface area contributed by atoms with E-state index >= 15 is 0 Å². The van der Waals surface area contributed by atoms with E-state index in [2.05, 4.69) is 10.4 Å².